The summed E-state index contributed by atoms with van der Waals surface area (Å²) in [6.07, 6.45) is 2.81. The Hall–Kier alpha value is -2.28. The molecule has 0 unspecified atom stereocenters. The highest BCUT2D eigenvalue weighted by atomic mass is 16.6. The molecule has 7 nitrogen and oxygen atoms in total. The molecular weight excluding hydrogens is 382 g/mol. The molecule has 0 saturated carbocycles. The van der Waals surface area contributed by atoms with Crippen molar-refractivity contribution in [3.63, 3.8) is 0 Å². The average Bonchev–Trinajstić information content (AvgIpc) is 3.33. The van der Waals surface area contributed by atoms with Crippen molar-refractivity contribution in [1.29, 1.82) is 0 Å². The number of hydrogen-bond donors (Lipinski definition) is 1. The highest BCUT2D eigenvalue weighted by Crippen LogP contribution is 2.26. The van der Waals surface area contributed by atoms with E-state index in [4.69, 9.17) is 9.47 Å². The second-order valence-corrected chi connectivity index (χ2v) is 9.27. The standard InChI is InChI=1S/C23H35N3O4/c1-17(24-22(28)30-23(2,3)4)16-26(13-12-25-10-5-6-11-25)21(27)19-7-8-20-18(15-19)9-14-29-20/h7-8,15,17H,5-6,9-14,16H2,1-4H3,(H,24,28)/t17-/m1/s1. The molecule has 0 spiro atoms. The molecule has 3 rings (SSSR count). The lowest BCUT2D eigenvalue weighted by Crippen LogP contribution is -2.47. The molecule has 1 fully saturated rings. The maximum absolute atomic E-state index is 13.3. The van der Waals surface area contributed by atoms with Gasteiger partial charge in [0.1, 0.15) is 11.4 Å². The summed E-state index contributed by atoms with van der Waals surface area (Å²) in [4.78, 5) is 29.7. The Labute approximate surface area is 179 Å². The van der Waals surface area contributed by atoms with Crippen molar-refractivity contribution in [2.24, 2.45) is 0 Å². The Morgan fingerprint density at radius 3 is 2.70 bits per heavy atom. The van der Waals surface area contributed by atoms with Crippen molar-refractivity contribution < 1.29 is 19.1 Å². The van der Waals surface area contributed by atoms with Gasteiger partial charge in [0.15, 0.2) is 0 Å². The minimum absolute atomic E-state index is 0.0123. The largest absolute Gasteiger partial charge is 0.493 e. The van der Waals surface area contributed by atoms with Crippen LogP contribution in [-0.2, 0) is 11.2 Å². The van der Waals surface area contributed by atoms with E-state index in [9.17, 15) is 9.59 Å². The van der Waals surface area contributed by atoms with E-state index in [1.165, 1.54) is 12.8 Å². The van der Waals surface area contributed by atoms with E-state index in [0.29, 0.717) is 25.3 Å². The number of amides is 2. The van der Waals surface area contributed by atoms with Crippen molar-refractivity contribution in [3.05, 3.63) is 29.3 Å². The van der Waals surface area contributed by atoms with E-state index in [-0.39, 0.29) is 11.9 Å². The van der Waals surface area contributed by atoms with E-state index in [1.54, 1.807) is 0 Å². The van der Waals surface area contributed by atoms with Gasteiger partial charge in [0.2, 0.25) is 0 Å². The van der Waals surface area contributed by atoms with E-state index in [0.717, 1.165) is 37.4 Å². The first-order valence-corrected chi connectivity index (χ1v) is 11.0. The van der Waals surface area contributed by atoms with Gasteiger partial charge in [0.05, 0.1) is 6.61 Å². The first-order valence-electron chi connectivity index (χ1n) is 11.0. The third-order valence-corrected chi connectivity index (χ3v) is 5.37. The lowest BCUT2D eigenvalue weighted by Gasteiger charge is -2.29. The highest BCUT2D eigenvalue weighted by molar-refractivity contribution is 5.94. The number of ether oxygens (including phenoxy) is 2. The number of carbonyl (C=O) groups excluding carboxylic acids is 2. The van der Waals surface area contributed by atoms with Crippen LogP contribution in [0.5, 0.6) is 5.75 Å². The van der Waals surface area contributed by atoms with Gasteiger partial charge in [-0.25, -0.2) is 4.79 Å². The van der Waals surface area contributed by atoms with Crippen molar-refractivity contribution in [3.8, 4) is 5.75 Å². The van der Waals surface area contributed by atoms with Gasteiger partial charge in [-0.15, -0.1) is 0 Å². The molecule has 2 heterocycles. The zero-order valence-corrected chi connectivity index (χ0v) is 18.7. The van der Waals surface area contributed by atoms with Crippen LogP contribution in [0, 0.1) is 0 Å². The summed E-state index contributed by atoms with van der Waals surface area (Å²) in [7, 11) is 0. The lowest BCUT2D eigenvalue weighted by atomic mass is 10.1. The molecule has 0 bridgehead atoms. The molecule has 2 amide bonds. The Kier molecular flexibility index (Phi) is 7.23. The number of alkyl carbamates (subject to hydrolysis) is 1. The summed E-state index contributed by atoms with van der Waals surface area (Å²) < 4.78 is 10.9. The normalized spacial score (nSPS) is 17.2. The summed E-state index contributed by atoms with van der Waals surface area (Å²) in [5, 5.41) is 2.85. The summed E-state index contributed by atoms with van der Waals surface area (Å²) in [6, 6.07) is 5.44. The molecule has 1 atom stereocenters. The molecule has 1 N–H and O–H groups in total. The Balaban J connectivity index is 1.66. The minimum atomic E-state index is -0.554. The number of nitrogens with zero attached hydrogens (tertiary/aromatic N) is 2. The molecule has 0 aliphatic carbocycles. The van der Waals surface area contributed by atoms with Crippen molar-refractivity contribution in [1.82, 2.24) is 15.1 Å². The third-order valence-electron chi connectivity index (χ3n) is 5.37. The van der Waals surface area contributed by atoms with E-state index in [2.05, 4.69) is 10.2 Å². The van der Waals surface area contributed by atoms with Gasteiger partial charge in [0, 0.05) is 37.7 Å². The molecule has 2 aliphatic heterocycles. The minimum Gasteiger partial charge on any atom is -0.493 e. The van der Waals surface area contributed by atoms with Crippen LogP contribution in [0.4, 0.5) is 4.79 Å². The fourth-order valence-electron chi connectivity index (χ4n) is 3.93. The quantitative estimate of drug-likeness (QED) is 0.738. The first kappa shape index (κ1) is 22.4. The number of carbonyl (C=O) groups is 2. The summed E-state index contributed by atoms with van der Waals surface area (Å²) in [5.74, 6) is 0.858. The molecule has 1 aromatic rings. The number of fused-ring (bicyclic) bond motifs is 1. The van der Waals surface area contributed by atoms with Gasteiger partial charge >= 0.3 is 6.09 Å². The maximum Gasteiger partial charge on any atom is 0.407 e. The van der Waals surface area contributed by atoms with Gasteiger partial charge in [-0.05, 0) is 77.4 Å². The van der Waals surface area contributed by atoms with Crippen molar-refractivity contribution in [2.45, 2.75) is 58.6 Å². The zero-order chi connectivity index (χ0) is 21.7. The van der Waals surface area contributed by atoms with Crippen molar-refractivity contribution in [2.75, 3.05) is 39.3 Å². The average molecular weight is 418 g/mol. The Morgan fingerprint density at radius 2 is 2.00 bits per heavy atom. The maximum atomic E-state index is 13.3. The Bertz CT molecular complexity index is 753. The van der Waals surface area contributed by atoms with Gasteiger partial charge in [-0.3, -0.25) is 4.79 Å². The van der Waals surface area contributed by atoms with Gasteiger partial charge in [-0.2, -0.15) is 0 Å². The molecule has 166 valence electrons. The number of likely N-dealkylation sites (tertiary alicyclic amines) is 1. The molecule has 30 heavy (non-hydrogen) atoms. The lowest BCUT2D eigenvalue weighted by molar-refractivity contribution is 0.0483. The van der Waals surface area contributed by atoms with Crippen LogP contribution < -0.4 is 10.1 Å². The van der Waals surface area contributed by atoms with Crippen LogP contribution in [0.2, 0.25) is 0 Å². The second-order valence-electron chi connectivity index (χ2n) is 9.27. The smallest absolute Gasteiger partial charge is 0.407 e. The third kappa shape index (κ3) is 6.36. The molecule has 7 heteroatoms. The summed E-state index contributed by atoms with van der Waals surface area (Å²) in [5.41, 5.74) is 1.20. The van der Waals surface area contributed by atoms with E-state index < -0.39 is 11.7 Å². The SMILES string of the molecule is C[C@H](CN(CCN1CCCC1)C(=O)c1ccc2c(c1)CCO2)NC(=O)OC(C)(C)C. The summed E-state index contributed by atoms with van der Waals surface area (Å²) >= 11 is 0. The van der Waals surface area contributed by atoms with Gasteiger partial charge < -0.3 is 24.6 Å². The number of hydrogen-bond acceptors (Lipinski definition) is 5. The number of nitrogens with one attached hydrogen (secondary N) is 1. The second kappa shape index (κ2) is 9.69. The van der Waals surface area contributed by atoms with Crippen LogP contribution in [0.25, 0.3) is 0 Å². The topological polar surface area (TPSA) is 71.1 Å². The van der Waals surface area contributed by atoms with Crippen LogP contribution in [-0.4, -0.2) is 72.8 Å². The monoisotopic (exact) mass is 417 g/mol. The molecule has 2 aliphatic rings. The molecule has 1 saturated heterocycles. The zero-order valence-electron chi connectivity index (χ0n) is 18.7. The first-order chi connectivity index (χ1) is 14.2. The van der Waals surface area contributed by atoms with Crippen LogP contribution in [0.3, 0.4) is 0 Å². The van der Waals surface area contributed by atoms with E-state index in [1.807, 2.05) is 50.8 Å². The highest BCUT2D eigenvalue weighted by Gasteiger charge is 2.24. The number of benzene rings is 1. The molecule has 0 aromatic heterocycles. The van der Waals surface area contributed by atoms with Crippen molar-refractivity contribution >= 4 is 12.0 Å². The van der Waals surface area contributed by atoms with Crippen LogP contribution in [0.15, 0.2) is 18.2 Å². The number of rotatable bonds is 7. The van der Waals surface area contributed by atoms with Crippen LogP contribution >= 0.6 is 0 Å². The van der Waals surface area contributed by atoms with Gasteiger partial charge in [-0.1, -0.05) is 0 Å². The molecule has 1 aromatic carbocycles. The fraction of sp³-hybridized carbons (Fsp3) is 0.652. The van der Waals surface area contributed by atoms with E-state index >= 15 is 0 Å². The molecule has 0 radical (unpaired) electrons. The Morgan fingerprint density at radius 1 is 1.27 bits per heavy atom. The fourth-order valence-corrected chi connectivity index (χ4v) is 3.93. The van der Waals surface area contributed by atoms with Crippen LogP contribution in [0.1, 0.15) is 56.5 Å². The molecular formula is C23H35N3O4. The predicted octanol–water partition coefficient (Wildman–Crippen LogP) is 3.07. The summed E-state index contributed by atoms with van der Waals surface area (Å²) in [6.45, 7) is 12.2. The van der Waals surface area contributed by atoms with Gasteiger partial charge in [0.25, 0.3) is 5.91 Å². The predicted molar refractivity (Wildman–Crippen MR) is 116 cm³/mol.